The molecule has 0 saturated carbocycles. The Kier molecular flexibility index (Phi) is 6.63. The Morgan fingerprint density at radius 1 is 1.21 bits per heavy atom. The zero-order valence-corrected chi connectivity index (χ0v) is 15.3. The molecule has 5 nitrogen and oxygen atoms in total. The summed E-state index contributed by atoms with van der Waals surface area (Å²) < 4.78 is 79.2. The minimum Gasteiger partial charge on any atom is -0.406 e. The Morgan fingerprint density at radius 3 is 2.34 bits per heavy atom. The number of nitrogens with one attached hydrogen (secondary N) is 1. The van der Waals surface area contributed by atoms with Crippen LogP contribution in [0.4, 0.5) is 32.0 Å². The fourth-order valence-corrected chi connectivity index (χ4v) is 3.00. The predicted molar refractivity (Wildman–Crippen MR) is 91.2 cm³/mol. The summed E-state index contributed by atoms with van der Waals surface area (Å²) in [6.07, 6.45) is -9.60. The van der Waals surface area contributed by atoms with Gasteiger partial charge in [-0.15, -0.1) is 13.2 Å². The molecule has 0 atom stereocenters. The van der Waals surface area contributed by atoms with Crippen molar-refractivity contribution >= 4 is 23.4 Å². The number of ether oxygens (including phenoxy) is 1. The number of thioether (sulfide) groups is 1. The Hall–Kier alpha value is -2.94. The first-order chi connectivity index (χ1) is 13.4. The molecule has 29 heavy (non-hydrogen) atoms. The minimum absolute atomic E-state index is 0.0273. The molecule has 1 heterocycles. The average molecular weight is 435 g/mol. The van der Waals surface area contributed by atoms with E-state index in [4.69, 9.17) is 5.26 Å². The minimum atomic E-state index is -4.85. The number of rotatable bonds is 5. The van der Waals surface area contributed by atoms with Gasteiger partial charge in [0.2, 0.25) is 5.91 Å². The van der Waals surface area contributed by atoms with Gasteiger partial charge in [0, 0.05) is 11.4 Å². The number of aryl methyl sites for hydroxylation is 1. The molecule has 0 saturated heterocycles. The Bertz CT molecular complexity index is 936. The maximum Gasteiger partial charge on any atom is 0.573 e. The fraction of sp³-hybridized carbons (Fsp3) is 0.235. The van der Waals surface area contributed by atoms with E-state index in [1.165, 1.54) is 13.0 Å². The predicted octanol–water partition coefficient (Wildman–Crippen LogP) is 4.91. The molecule has 0 bridgehead atoms. The van der Waals surface area contributed by atoms with E-state index in [0.29, 0.717) is 11.8 Å². The van der Waals surface area contributed by atoms with E-state index in [1.807, 2.05) is 0 Å². The van der Waals surface area contributed by atoms with Crippen molar-refractivity contribution in [2.75, 3.05) is 11.1 Å². The number of amides is 1. The van der Waals surface area contributed by atoms with E-state index in [9.17, 15) is 31.1 Å². The molecule has 1 amide bonds. The summed E-state index contributed by atoms with van der Waals surface area (Å²) in [5.41, 5.74) is -1.65. The Labute approximate surface area is 164 Å². The van der Waals surface area contributed by atoms with Gasteiger partial charge in [0.1, 0.15) is 16.8 Å². The first kappa shape index (κ1) is 22.4. The van der Waals surface area contributed by atoms with Crippen molar-refractivity contribution in [3.05, 3.63) is 47.2 Å². The molecule has 154 valence electrons. The first-order valence-corrected chi connectivity index (χ1v) is 8.65. The lowest BCUT2D eigenvalue weighted by Gasteiger charge is -2.13. The number of carbonyl (C=O) groups excluding carboxylic acids is 1. The molecular formula is C17H11F6N3O2S. The van der Waals surface area contributed by atoms with Crippen LogP contribution in [0, 0.1) is 18.3 Å². The largest absolute Gasteiger partial charge is 0.573 e. The van der Waals surface area contributed by atoms with Gasteiger partial charge in [-0.3, -0.25) is 4.79 Å². The van der Waals surface area contributed by atoms with Gasteiger partial charge in [-0.2, -0.15) is 18.4 Å². The molecular weight excluding hydrogens is 424 g/mol. The number of hydrogen-bond donors (Lipinski definition) is 1. The molecule has 1 N–H and O–H groups in total. The van der Waals surface area contributed by atoms with Gasteiger partial charge in [0.05, 0.1) is 16.9 Å². The normalized spacial score (nSPS) is 11.7. The number of pyridine rings is 1. The molecule has 0 spiro atoms. The van der Waals surface area contributed by atoms with Gasteiger partial charge >= 0.3 is 12.5 Å². The molecule has 0 aliphatic rings. The number of aromatic nitrogens is 1. The van der Waals surface area contributed by atoms with Crippen LogP contribution in [0.1, 0.15) is 16.8 Å². The molecule has 0 radical (unpaired) electrons. The monoisotopic (exact) mass is 435 g/mol. The van der Waals surface area contributed by atoms with E-state index in [2.05, 4.69) is 15.0 Å². The van der Waals surface area contributed by atoms with Crippen LogP contribution in [0.3, 0.4) is 0 Å². The summed E-state index contributed by atoms with van der Waals surface area (Å²) in [5.74, 6) is -1.50. The van der Waals surface area contributed by atoms with Crippen LogP contribution >= 0.6 is 11.8 Å². The molecule has 0 aliphatic carbocycles. The van der Waals surface area contributed by atoms with Gasteiger partial charge in [-0.25, -0.2) is 4.98 Å². The summed E-state index contributed by atoms with van der Waals surface area (Å²) in [4.78, 5) is 15.9. The smallest absolute Gasteiger partial charge is 0.406 e. The van der Waals surface area contributed by atoms with Gasteiger partial charge in [0.25, 0.3) is 0 Å². The van der Waals surface area contributed by atoms with E-state index < -0.39 is 35.3 Å². The molecule has 0 unspecified atom stereocenters. The highest BCUT2D eigenvalue weighted by Crippen LogP contribution is 2.35. The number of benzene rings is 1. The van der Waals surface area contributed by atoms with Crippen LogP contribution in [0.25, 0.3) is 0 Å². The molecule has 2 aromatic rings. The second-order valence-corrected chi connectivity index (χ2v) is 6.47. The van der Waals surface area contributed by atoms with E-state index in [-0.39, 0.29) is 22.2 Å². The van der Waals surface area contributed by atoms with Crippen molar-refractivity contribution in [3.63, 3.8) is 0 Å². The lowest BCUT2D eigenvalue weighted by Crippen LogP contribution is -2.17. The van der Waals surface area contributed by atoms with Crippen molar-refractivity contribution < 1.29 is 35.9 Å². The van der Waals surface area contributed by atoms with Crippen LogP contribution in [0.2, 0.25) is 0 Å². The maximum absolute atomic E-state index is 13.1. The molecule has 2 rings (SSSR count). The number of nitriles is 1. The van der Waals surface area contributed by atoms with Gasteiger partial charge in [0.15, 0.2) is 0 Å². The summed E-state index contributed by atoms with van der Waals surface area (Å²) in [7, 11) is 0. The standard InChI is InChI=1S/C17H11F6N3O2S/c1-9-6-13(16(18,19)20)12(7-24)15(25-9)29-8-14(27)26-10-2-4-11(5-3-10)28-17(21,22)23/h2-6H,8H2,1H3,(H,26,27). The van der Waals surface area contributed by atoms with Gasteiger partial charge in [-0.05, 0) is 37.3 Å². The highest BCUT2D eigenvalue weighted by Gasteiger charge is 2.35. The molecule has 12 heteroatoms. The summed E-state index contributed by atoms with van der Waals surface area (Å²) in [6.45, 7) is 1.32. The summed E-state index contributed by atoms with van der Waals surface area (Å²) >= 11 is 0.635. The van der Waals surface area contributed by atoms with E-state index >= 15 is 0 Å². The zero-order chi connectivity index (χ0) is 21.8. The van der Waals surface area contributed by atoms with Gasteiger partial charge in [-0.1, -0.05) is 11.8 Å². The average Bonchev–Trinajstić information content (AvgIpc) is 2.59. The van der Waals surface area contributed by atoms with E-state index in [1.54, 1.807) is 0 Å². The lowest BCUT2D eigenvalue weighted by atomic mass is 10.1. The van der Waals surface area contributed by atoms with Crippen molar-refractivity contribution in [2.45, 2.75) is 24.5 Å². The molecule has 0 fully saturated rings. The fourth-order valence-electron chi connectivity index (χ4n) is 2.15. The second kappa shape index (κ2) is 8.60. The molecule has 1 aromatic carbocycles. The number of carbonyl (C=O) groups is 1. The maximum atomic E-state index is 13.1. The zero-order valence-electron chi connectivity index (χ0n) is 14.5. The van der Waals surface area contributed by atoms with Crippen LogP contribution in [-0.2, 0) is 11.0 Å². The highest BCUT2D eigenvalue weighted by atomic mass is 32.2. The lowest BCUT2D eigenvalue weighted by molar-refractivity contribution is -0.274. The van der Waals surface area contributed by atoms with Crippen molar-refractivity contribution in [1.82, 2.24) is 4.98 Å². The third kappa shape index (κ3) is 6.56. The number of nitrogens with zero attached hydrogens (tertiary/aromatic N) is 2. The van der Waals surface area contributed by atoms with Crippen molar-refractivity contribution in [3.8, 4) is 11.8 Å². The number of hydrogen-bond acceptors (Lipinski definition) is 5. The Balaban J connectivity index is 2.06. The topological polar surface area (TPSA) is 75.0 Å². The number of halogens is 6. The third-order valence-electron chi connectivity index (χ3n) is 3.24. The highest BCUT2D eigenvalue weighted by molar-refractivity contribution is 8.00. The second-order valence-electron chi connectivity index (χ2n) is 5.51. The van der Waals surface area contributed by atoms with Crippen molar-refractivity contribution in [2.24, 2.45) is 0 Å². The first-order valence-electron chi connectivity index (χ1n) is 7.66. The summed E-state index contributed by atoms with van der Waals surface area (Å²) in [6, 6.07) is 6.50. The third-order valence-corrected chi connectivity index (χ3v) is 4.22. The Morgan fingerprint density at radius 2 is 1.83 bits per heavy atom. The van der Waals surface area contributed by atoms with Gasteiger partial charge < -0.3 is 10.1 Å². The quantitative estimate of drug-likeness (QED) is 0.534. The van der Waals surface area contributed by atoms with Crippen LogP contribution in [-0.4, -0.2) is 23.0 Å². The van der Waals surface area contributed by atoms with E-state index in [0.717, 1.165) is 30.3 Å². The number of anilines is 1. The van der Waals surface area contributed by atoms with Crippen LogP contribution in [0.5, 0.6) is 5.75 Å². The molecule has 0 aliphatic heterocycles. The number of alkyl halides is 6. The van der Waals surface area contributed by atoms with Crippen molar-refractivity contribution in [1.29, 1.82) is 5.26 Å². The molecule has 1 aromatic heterocycles. The van der Waals surface area contributed by atoms with Crippen LogP contribution in [0.15, 0.2) is 35.4 Å². The SMILES string of the molecule is Cc1cc(C(F)(F)F)c(C#N)c(SCC(=O)Nc2ccc(OC(F)(F)F)cc2)n1. The van der Waals surface area contributed by atoms with Crippen LogP contribution < -0.4 is 10.1 Å². The summed E-state index contributed by atoms with van der Waals surface area (Å²) in [5, 5.41) is 11.2.